The first kappa shape index (κ1) is 14.7. The van der Waals surface area contributed by atoms with Crippen molar-refractivity contribution in [3.63, 3.8) is 0 Å². The van der Waals surface area contributed by atoms with Crippen LogP contribution in [0.15, 0.2) is 52.4 Å². The van der Waals surface area contributed by atoms with Gasteiger partial charge in [0.1, 0.15) is 0 Å². The van der Waals surface area contributed by atoms with Crippen molar-refractivity contribution in [2.75, 3.05) is 0 Å². The number of aliphatic imine (C=N–C) groups is 1. The minimum absolute atomic E-state index is 0.142. The van der Waals surface area contributed by atoms with E-state index in [4.69, 9.17) is 16.6 Å². The van der Waals surface area contributed by atoms with E-state index < -0.39 is 0 Å². The van der Waals surface area contributed by atoms with Gasteiger partial charge in [0.05, 0.1) is 16.4 Å². The summed E-state index contributed by atoms with van der Waals surface area (Å²) in [5.41, 5.74) is 4.47. The number of fused-ring (bicyclic) bond motifs is 1. The topological polar surface area (TPSA) is 12.4 Å². The van der Waals surface area contributed by atoms with Crippen molar-refractivity contribution in [1.29, 1.82) is 0 Å². The van der Waals surface area contributed by atoms with E-state index in [1.165, 1.54) is 5.56 Å². The van der Waals surface area contributed by atoms with Gasteiger partial charge >= 0.3 is 0 Å². The highest BCUT2D eigenvalue weighted by Gasteiger charge is 2.21. The van der Waals surface area contributed by atoms with Crippen LogP contribution >= 0.6 is 23.4 Å². The molecule has 1 heterocycles. The van der Waals surface area contributed by atoms with Gasteiger partial charge in [-0.2, -0.15) is 0 Å². The van der Waals surface area contributed by atoms with E-state index >= 15 is 0 Å². The average molecular weight is 316 g/mol. The third kappa shape index (κ3) is 3.17. The van der Waals surface area contributed by atoms with Gasteiger partial charge in [-0.05, 0) is 17.7 Å². The molecule has 3 heteroatoms. The number of hydrogen-bond acceptors (Lipinski definition) is 2. The molecular formula is C18H18ClNS. The third-order valence-corrected chi connectivity index (χ3v) is 4.99. The fourth-order valence-corrected chi connectivity index (χ4v) is 3.79. The third-order valence-electron chi connectivity index (χ3n) is 3.30. The van der Waals surface area contributed by atoms with Gasteiger partial charge in [-0.25, -0.2) is 0 Å². The zero-order valence-electron chi connectivity index (χ0n) is 12.5. The highest BCUT2D eigenvalue weighted by Crippen LogP contribution is 2.39. The molecule has 1 aliphatic heterocycles. The fraction of sp³-hybridized carbons (Fsp3) is 0.278. The second kappa shape index (κ2) is 5.51. The van der Waals surface area contributed by atoms with Gasteiger partial charge in [0, 0.05) is 21.6 Å². The molecular weight excluding hydrogens is 298 g/mol. The van der Waals surface area contributed by atoms with Crippen LogP contribution < -0.4 is 0 Å². The quantitative estimate of drug-likeness (QED) is 0.628. The van der Waals surface area contributed by atoms with Crippen LogP contribution in [0, 0.1) is 0 Å². The van der Waals surface area contributed by atoms with E-state index in [9.17, 15) is 0 Å². The summed E-state index contributed by atoms with van der Waals surface area (Å²) in [6.45, 7) is 6.59. The highest BCUT2D eigenvalue weighted by molar-refractivity contribution is 8.00. The first-order chi connectivity index (χ1) is 9.94. The maximum absolute atomic E-state index is 6.64. The Kier molecular flexibility index (Phi) is 3.85. The van der Waals surface area contributed by atoms with Gasteiger partial charge in [0.15, 0.2) is 0 Å². The van der Waals surface area contributed by atoms with E-state index in [2.05, 4.69) is 57.2 Å². The maximum atomic E-state index is 6.64. The van der Waals surface area contributed by atoms with Crippen molar-refractivity contribution in [3.8, 4) is 0 Å². The molecule has 21 heavy (non-hydrogen) atoms. The molecule has 2 aromatic rings. The zero-order chi connectivity index (χ0) is 15.0. The lowest BCUT2D eigenvalue weighted by Crippen LogP contribution is -2.08. The van der Waals surface area contributed by atoms with E-state index in [0.29, 0.717) is 0 Å². The molecule has 1 nitrogen and oxygen atoms in total. The summed E-state index contributed by atoms with van der Waals surface area (Å²) < 4.78 is 0.142. The highest BCUT2D eigenvalue weighted by atomic mass is 35.5. The van der Waals surface area contributed by atoms with Crippen molar-refractivity contribution < 1.29 is 0 Å². The van der Waals surface area contributed by atoms with Crippen LogP contribution in [-0.2, 0) is 6.42 Å². The Bertz CT molecular complexity index is 713. The zero-order valence-corrected chi connectivity index (χ0v) is 14.1. The number of para-hydroxylation sites is 1. The second-order valence-electron chi connectivity index (χ2n) is 6.20. The molecule has 2 aromatic carbocycles. The van der Waals surface area contributed by atoms with Crippen LogP contribution in [0.1, 0.15) is 31.9 Å². The van der Waals surface area contributed by atoms with Crippen LogP contribution in [-0.4, -0.2) is 10.5 Å². The molecule has 0 saturated heterocycles. The number of rotatable bonds is 2. The largest absolute Gasteiger partial charge is 0.252 e. The Morgan fingerprint density at radius 2 is 1.81 bits per heavy atom. The number of thioether (sulfide) groups is 1. The predicted octanol–water partition coefficient (Wildman–Crippen LogP) is 5.91. The summed E-state index contributed by atoms with van der Waals surface area (Å²) >= 11 is 8.43. The summed E-state index contributed by atoms with van der Waals surface area (Å²) in [7, 11) is 0. The molecule has 0 bridgehead atoms. The van der Waals surface area contributed by atoms with Crippen molar-refractivity contribution >= 4 is 34.8 Å². The minimum Gasteiger partial charge on any atom is -0.252 e. The molecule has 0 spiro atoms. The lowest BCUT2D eigenvalue weighted by Gasteiger charge is -2.19. The van der Waals surface area contributed by atoms with Crippen molar-refractivity contribution in [2.24, 2.45) is 4.99 Å². The van der Waals surface area contributed by atoms with Crippen LogP contribution in [0.3, 0.4) is 0 Å². The Morgan fingerprint density at radius 1 is 1.05 bits per heavy atom. The molecule has 108 valence electrons. The van der Waals surface area contributed by atoms with Crippen molar-refractivity contribution in [1.82, 2.24) is 0 Å². The molecule has 0 atom stereocenters. The second-order valence-corrected chi connectivity index (χ2v) is 8.44. The smallest absolute Gasteiger partial charge is 0.0669 e. The van der Waals surface area contributed by atoms with Gasteiger partial charge in [0.25, 0.3) is 0 Å². The molecule has 0 aliphatic carbocycles. The molecule has 1 aliphatic rings. The average Bonchev–Trinajstić information content (AvgIpc) is 2.83. The summed E-state index contributed by atoms with van der Waals surface area (Å²) in [5.74, 6) is 0. The SMILES string of the molecule is CC(C)(C)Sc1cccc(C2=Nc3ccccc3C2)c1Cl. The minimum atomic E-state index is 0.142. The molecule has 0 unspecified atom stereocenters. The Morgan fingerprint density at radius 3 is 2.52 bits per heavy atom. The molecule has 0 amide bonds. The van der Waals surface area contributed by atoms with Gasteiger partial charge in [-0.15, -0.1) is 11.8 Å². The first-order valence-corrected chi connectivity index (χ1v) is 8.27. The summed E-state index contributed by atoms with van der Waals surface area (Å²) in [6.07, 6.45) is 0.861. The summed E-state index contributed by atoms with van der Waals surface area (Å²) in [4.78, 5) is 5.87. The monoisotopic (exact) mass is 315 g/mol. The molecule has 0 saturated carbocycles. The van der Waals surface area contributed by atoms with E-state index in [0.717, 1.165) is 33.3 Å². The van der Waals surface area contributed by atoms with Gasteiger partial charge in [-0.3, -0.25) is 4.99 Å². The van der Waals surface area contributed by atoms with E-state index in [1.54, 1.807) is 11.8 Å². The fourth-order valence-electron chi connectivity index (χ4n) is 2.43. The van der Waals surface area contributed by atoms with Gasteiger partial charge in [0.2, 0.25) is 0 Å². The molecule has 0 aromatic heterocycles. The number of benzene rings is 2. The summed E-state index contributed by atoms with van der Waals surface area (Å²) in [5, 5.41) is 0.823. The van der Waals surface area contributed by atoms with E-state index in [-0.39, 0.29) is 4.75 Å². The van der Waals surface area contributed by atoms with E-state index in [1.807, 2.05) is 6.07 Å². The van der Waals surface area contributed by atoms with Gasteiger partial charge in [-0.1, -0.05) is 62.7 Å². The molecule has 0 radical (unpaired) electrons. The van der Waals surface area contributed by atoms with Crippen molar-refractivity contribution in [3.05, 3.63) is 58.6 Å². The molecule has 0 fully saturated rings. The normalized spacial score (nSPS) is 14.0. The number of hydrogen-bond donors (Lipinski definition) is 0. The van der Waals surface area contributed by atoms with Crippen LogP contribution in [0.4, 0.5) is 5.69 Å². The Labute approximate surface area is 135 Å². The number of halogens is 1. The van der Waals surface area contributed by atoms with Crippen LogP contribution in [0.2, 0.25) is 5.02 Å². The Balaban J connectivity index is 1.97. The number of nitrogens with zero attached hydrogens (tertiary/aromatic N) is 1. The lowest BCUT2D eigenvalue weighted by molar-refractivity contribution is 0.803. The Hall–Kier alpha value is -1.25. The van der Waals surface area contributed by atoms with Gasteiger partial charge < -0.3 is 0 Å². The summed E-state index contributed by atoms with van der Waals surface area (Å²) in [6, 6.07) is 14.5. The predicted molar refractivity (Wildman–Crippen MR) is 93.4 cm³/mol. The maximum Gasteiger partial charge on any atom is 0.0669 e. The molecule has 3 rings (SSSR count). The van der Waals surface area contributed by atoms with Crippen molar-refractivity contribution in [2.45, 2.75) is 36.8 Å². The lowest BCUT2D eigenvalue weighted by atomic mass is 10.0. The first-order valence-electron chi connectivity index (χ1n) is 7.07. The van der Waals surface area contributed by atoms with Crippen LogP contribution in [0.5, 0.6) is 0 Å². The van der Waals surface area contributed by atoms with Crippen LogP contribution in [0.25, 0.3) is 0 Å². The standard InChI is InChI=1S/C18H18ClNS/c1-18(2,3)21-16-10-6-8-13(17(16)19)15-11-12-7-4-5-9-14(12)20-15/h4-10H,11H2,1-3H3. The molecule has 0 N–H and O–H groups in total.